The summed E-state index contributed by atoms with van der Waals surface area (Å²) in [6.45, 7) is 3.52. The first kappa shape index (κ1) is 18.8. The lowest BCUT2D eigenvalue weighted by atomic mass is 10.2. The van der Waals surface area contributed by atoms with Gasteiger partial charge in [-0.25, -0.2) is 13.1 Å². The molecule has 0 radical (unpaired) electrons. The van der Waals surface area contributed by atoms with Crippen LogP contribution in [0.2, 0.25) is 0 Å². The molecule has 3 aromatic rings. The maximum Gasteiger partial charge on any atom is 0.298 e. The first-order valence-electron chi connectivity index (χ1n) is 9.41. The molecule has 8 heteroatoms. The number of oxazole rings is 1. The quantitative estimate of drug-likeness (QED) is 0.655. The van der Waals surface area contributed by atoms with Crippen LogP contribution in [0.25, 0.3) is 11.1 Å². The van der Waals surface area contributed by atoms with Gasteiger partial charge in [-0.1, -0.05) is 12.1 Å². The number of fused-ring (bicyclic) bond motifs is 1. The molecule has 4 rings (SSSR count). The molecule has 1 aromatic heterocycles. The van der Waals surface area contributed by atoms with Crippen molar-refractivity contribution in [2.45, 2.75) is 30.7 Å². The van der Waals surface area contributed by atoms with Crippen molar-refractivity contribution in [2.75, 3.05) is 24.6 Å². The molecule has 148 valence electrons. The van der Waals surface area contributed by atoms with Crippen LogP contribution >= 0.6 is 0 Å². The molecule has 0 aliphatic carbocycles. The number of anilines is 1. The third-order valence-corrected chi connectivity index (χ3v) is 6.30. The zero-order chi connectivity index (χ0) is 19.6. The summed E-state index contributed by atoms with van der Waals surface area (Å²) in [6.07, 6.45) is 1.85. The number of hydrogen-bond donors (Lipinski definition) is 1. The van der Waals surface area contributed by atoms with Gasteiger partial charge >= 0.3 is 0 Å². The molecule has 1 saturated heterocycles. The largest absolute Gasteiger partial charge is 0.494 e. The van der Waals surface area contributed by atoms with E-state index in [1.165, 1.54) is 0 Å². The summed E-state index contributed by atoms with van der Waals surface area (Å²) in [5.41, 5.74) is 1.54. The van der Waals surface area contributed by atoms with E-state index in [0.717, 1.165) is 30.5 Å². The third kappa shape index (κ3) is 3.83. The number of aromatic nitrogens is 1. The zero-order valence-electron chi connectivity index (χ0n) is 15.7. The van der Waals surface area contributed by atoms with Crippen molar-refractivity contribution in [1.29, 1.82) is 0 Å². The Balaban J connectivity index is 1.45. The van der Waals surface area contributed by atoms with Gasteiger partial charge in [0.15, 0.2) is 5.58 Å². The Hall–Kier alpha value is -2.58. The van der Waals surface area contributed by atoms with Gasteiger partial charge in [0.2, 0.25) is 10.0 Å². The molecule has 7 nitrogen and oxygen atoms in total. The van der Waals surface area contributed by atoms with Crippen molar-refractivity contribution in [2.24, 2.45) is 0 Å². The standard InChI is InChI=1S/C20H23N3O4S/c1-2-26-16-9-11-17(12-10-16)28(24,25)21-14-15-6-5-13-23(15)20-22-18-7-3-4-8-19(18)27-20/h3-4,7-12,15,21H,2,5-6,13-14H2,1H3. The number of ether oxygens (including phenoxy) is 1. The van der Waals surface area contributed by atoms with Gasteiger partial charge in [-0.2, -0.15) is 4.98 Å². The number of benzene rings is 2. The topological polar surface area (TPSA) is 84.7 Å². The molecule has 1 N–H and O–H groups in total. The van der Waals surface area contributed by atoms with E-state index in [1.54, 1.807) is 24.3 Å². The maximum atomic E-state index is 12.6. The summed E-state index contributed by atoms with van der Waals surface area (Å²) in [7, 11) is -3.59. The van der Waals surface area contributed by atoms with Crippen LogP contribution in [0.4, 0.5) is 6.01 Å². The molecule has 0 spiro atoms. The SMILES string of the molecule is CCOc1ccc(S(=O)(=O)NCC2CCCN2c2nc3ccccc3o2)cc1. The summed E-state index contributed by atoms with van der Waals surface area (Å²) in [6, 6.07) is 14.6. The van der Waals surface area contributed by atoms with E-state index in [2.05, 4.69) is 9.71 Å². The van der Waals surface area contributed by atoms with Crippen LogP contribution in [0, 0.1) is 0 Å². The normalized spacial score (nSPS) is 17.3. The highest BCUT2D eigenvalue weighted by molar-refractivity contribution is 7.89. The average Bonchev–Trinajstić information content (AvgIpc) is 3.33. The lowest BCUT2D eigenvalue weighted by molar-refractivity contribution is 0.340. The van der Waals surface area contributed by atoms with E-state index in [4.69, 9.17) is 9.15 Å². The van der Waals surface area contributed by atoms with Crippen molar-refractivity contribution in [1.82, 2.24) is 9.71 Å². The molecule has 0 amide bonds. The second kappa shape index (κ2) is 7.81. The number of rotatable bonds is 7. The van der Waals surface area contributed by atoms with Crippen LogP contribution < -0.4 is 14.4 Å². The molecule has 1 unspecified atom stereocenters. The Morgan fingerprint density at radius 1 is 1.21 bits per heavy atom. The first-order chi connectivity index (χ1) is 13.6. The molecule has 1 aliphatic rings. The second-order valence-corrected chi connectivity index (χ2v) is 8.48. The molecule has 0 saturated carbocycles. The van der Waals surface area contributed by atoms with Crippen LogP contribution in [0.3, 0.4) is 0 Å². The van der Waals surface area contributed by atoms with Gasteiger partial charge in [0.1, 0.15) is 11.3 Å². The van der Waals surface area contributed by atoms with Crippen LogP contribution in [0.5, 0.6) is 5.75 Å². The molecule has 1 fully saturated rings. The number of hydrogen-bond acceptors (Lipinski definition) is 6. The maximum absolute atomic E-state index is 12.6. The minimum atomic E-state index is -3.59. The van der Waals surface area contributed by atoms with Crippen molar-refractivity contribution in [3.05, 3.63) is 48.5 Å². The third-order valence-electron chi connectivity index (χ3n) is 4.86. The van der Waals surface area contributed by atoms with Gasteiger partial charge in [0.05, 0.1) is 11.5 Å². The molecule has 1 atom stereocenters. The molecule has 1 aliphatic heterocycles. The summed E-state index contributed by atoms with van der Waals surface area (Å²) in [4.78, 5) is 6.81. The van der Waals surface area contributed by atoms with Crippen LogP contribution in [-0.4, -0.2) is 39.1 Å². The summed E-state index contributed by atoms with van der Waals surface area (Å²) >= 11 is 0. The van der Waals surface area contributed by atoms with Crippen molar-refractivity contribution in [3.63, 3.8) is 0 Å². The Labute approximate surface area is 164 Å². The highest BCUT2D eigenvalue weighted by atomic mass is 32.2. The van der Waals surface area contributed by atoms with Gasteiger partial charge in [-0.15, -0.1) is 0 Å². The lowest BCUT2D eigenvalue weighted by Gasteiger charge is -2.23. The molecule has 28 heavy (non-hydrogen) atoms. The van der Waals surface area contributed by atoms with E-state index in [9.17, 15) is 8.42 Å². The van der Waals surface area contributed by atoms with Crippen molar-refractivity contribution < 1.29 is 17.6 Å². The summed E-state index contributed by atoms with van der Waals surface area (Å²) < 4.78 is 39.2. The fourth-order valence-electron chi connectivity index (χ4n) is 3.45. The zero-order valence-corrected chi connectivity index (χ0v) is 16.5. The highest BCUT2D eigenvalue weighted by Gasteiger charge is 2.29. The van der Waals surface area contributed by atoms with E-state index in [0.29, 0.717) is 24.9 Å². The van der Waals surface area contributed by atoms with Gasteiger partial charge in [0.25, 0.3) is 6.01 Å². The van der Waals surface area contributed by atoms with Gasteiger partial charge in [-0.3, -0.25) is 0 Å². The van der Waals surface area contributed by atoms with Crippen LogP contribution in [0.1, 0.15) is 19.8 Å². The van der Waals surface area contributed by atoms with Gasteiger partial charge in [-0.05, 0) is 56.2 Å². The Bertz CT molecular complexity index is 1010. The fraction of sp³-hybridized carbons (Fsp3) is 0.350. The predicted molar refractivity (Wildman–Crippen MR) is 107 cm³/mol. The Kier molecular flexibility index (Phi) is 5.23. The molecular weight excluding hydrogens is 378 g/mol. The first-order valence-corrected chi connectivity index (χ1v) is 10.9. The van der Waals surface area contributed by atoms with Gasteiger partial charge in [0, 0.05) is 19.1 Å². The molecule has 2 heterocycles. The Morgan fingerprint density at radius 2 is 2.00 bits per heavy atom. The smallest absolute Gasteiger partial charge is 0.298 e. The van der Waals surface area contributed by atoms with Gasteiger partial charge < -0.3 is 14.1 Å². The fourth-order valence-corrected chi connectivity index (χ4v) is 4.53. The van der Waals surface area contributed by atoms with Crippen molar-refractivity contribution >= 4 is 27.1 Å². The van der Waals surface area contributed by atoms with E-state index in [-0.39, 0.29) is 10.9 Å². The lowest BCUT2D eigenvalue weighted by Crippen LogP contribution is -2.40. The van der Waals surface area contributed by atoms with Crippen molar-refractivity contribution in [3.8, 4) is 5.75 Å². The average molecular weight is 401 g/mol. The number of nitrogens with one attached hydrogen (secondary N) is 1. The minimum absolute atomic E-state index is 0.00513. The van der Waals surface area contributed by atoms with E-state index < -0.39 is 10.0 Å². The molecular formula is C20H23N3O4S. The summed E-state index contributed by atoms with van der Waals surface area (Å²) in [5, 5.41) is 0. The van der Waals surface area contributed by atoms with Crippen LogP contribution in [0.15, 0.2) is 57.8 Å². The van der Waals surface area contributed by atoms with E-state index in [1.807, 2.05) is 36.1 Å². The number of para-hydroxylation sites is 2. The number of nitrogens with zero attached hydrogens (tertiary/aromatic N) is 2. The Morgan fingerprint density at radius 3 is 2.75 bits per heavy atom. The van der Waals surface area contributed by atoms with E-state index >= 15 is 0 Å². The summed E-state index contributed by atoms with van der Waals surface area (Å²) in [5.74, 6) is 0.652. The molecule has 2 aromatic carbocycles. The predicted octanol–water partition coefficient (Wildman–Crippen LogP) is 3.17. The second-order valence-electron chi connectivity index (χ2n) is 6.71. The minimum Gasteiger partial charge on any atom is -0.494 e. The number of sulfonamides is 1. The molecule has 0 bridgehead atoms. The van der Waals surface area contributed by atoms with Crippen LogP contribution in [-0.2, 0) is 10.0 Å². The monoisotopic (exact) mass is 401 g/mol. The highest BCUT2D eigenvalue weighted by Crippen LogP contribution is 2.28.